The molecular formula is C17H17ClFN3O4. The third kappa shape index (κ3) is 5.66. The van der Waals surface area contributed by atoms with Gasteiger partial charge in [0.25, 0.3) is 0 Å². The van der Waals surface area contributed by atoms with Crippen molar-refractivity contribution in [3.8, 4) is 0 Å². The van der Waals surface area contributed by atoms with Crippen molar-refractivity contribution in [3.63, 3.8) is 0 Å². The minimum absolute atomic E-state index is 0.115. The van der Waals surface area contributed by atoms with Crippen molar-refractivity contribution in [3.05, 3.63) is 63.1 Å². The normalized spacial score (nSPS) is 13.3. The molecule has 1 heterocycles. The molecule has 1 aromatic heterocycles. The van der Waals surface area contributed by atoms with Crippen LogP contribution in [0.15, 0.2) is 50.5 Å². The van der Waals surface area contributed by atoms with Gasteiger partial charge in [-0.05, 0) is 37.5 Å². The summed E-state index contributed by atoms with van der Waals surface area (Å²) in [4.78, 5) is 26.6. The molecule has 9 heteroatoms. The van der Waals surface area contributed by atoms with Crippen molar-refractivity contribution in [2.45, 2.75) is 32.4 Å². The van der Waals surface area contributed by atoms with Gasteiger partial charge < -0.3 is 5.11 Å². The first-order valence-corrected chi connectivity index (χ1v) is 8.14. The number of hydrogen-bond donors (Lipinski definition) is 1. The Morgan fingerprint density at radius 1 is 1.46 bits per heavy atom. The first-order valence-electron chi connectivity index (χ1n) is 7.76. The number of nitrogens with zero attached hydrogens (tertiary/aromatic N) is 3. The van der Waals surface area contributed by atoms with Gasteiger partial charge in [0.15, 0.2) is 5.82 Å². The van der Waals surface area contributed by atoms with Crippen LogP contribution in [-0.4, -0.2) is 33.1 Å². The zero-order chi connectivity index (χ0) is 19.1. The molecule has 1 unspecified atom stereocenters. The Morgan fingerprint density at radius 3 is 2.73 bits per heavy atom. The standard InChI is InChI=1S/C17H17ClFN3O4/c1-11-21-26-17(25)22(11)10-14(19)3-2-4-15(16(23)24)20-9-12-5-7-13(18)8-6-12/h3,5-9,15H,2,4,10H2,1H3,(H,23,24)/b14-3-,20-9?. The lowest BCUT2D eigenvalue weighted by molar-refractivity contribution is -0.138. The summed E-state index contributed by atoms with van der Waals surface area (Å²) in [5.74, 6) is -2.17. The Hall–Kier alpha value is -2.74. The molecule has 26 heavy (non-hydrogen) atoms. The van der Waals surface area contributed by atoms with Crippen LogP contribution < -0.4 is 5.76 Å². The van der Waals surface area contributed by atoms with Crippen molar-refractivity contribution < 1.29 is 18.8 Å². The molecule has 0 aliphatic rings. The van der Waals surface area contributed by atoms with Crippen LogP contribution in [-0.2, 0) is 11.3 Å². The Bertz CT molecular complexity index is 871. The number of aromatic nitrogens is 2. The van der Waals surface area contributed by atoms with Crippen LogP contribution >= 0.6 is 11.6 Å². The number of aliphatic carboxylic acids is 1. The SMILES string of the molecule is Cc1noc(=O)n1C/C(F)=C/CCC(N=Cc1ccc(Cl)cc1)C(=O)O. The highest BCUT2D eigenvalue weighted by Gasteiger charge is 2.15. The van der Waals surface area contributed by atoms with Gasteiger partial charge in [-0.2, -0.15) is 0 Å². The molecule has 1 aromatic carbocycles. The van der Waals surface area contributed by atoms with E-state index in [9.17, 15) is 19.1 Å². The predicted octanol–water partition coefficient (Wildman–Crippen LogP) is 3.00. The van der Waals surface area contributed by atoms with E-state index in [2.05, 4.69) is 14.7 Å². The Kier molecular flexibility index (Phi) is 6.85. The largest absolute Gasteiger partial charge is 0.480 e. The second-order valence-corrected chi connectivity index (χ2v) is 5.93. The highest BCUT2D eigenvalue weighted by molar-refractivity contribution is 6.30. The lowest BCUT2D eigenvalue weighted by Gasteiger charge is -2.06. The number of carboxylic acids is 1. The van der Waals surface area contributed by atoms with Gasteiger partial charge in [-0.3, -0.25) is 14.1 Å². The zero-order valence-electron chi connectivity index (χ0n) is 13.9. The fourth-order valence-corrected chi connectivity index (χ4v) is 2.24. The Balaban J connectivity index is 1.94. The van der Waals surface area contributed by atoms with Crippen LogP contribution in [0, 0.1) is 6.92 Å². The predicted molar refractivity (Wildman–Crippen MR) is 94.4 cm³/mol. The highest BCUT2D eigenvalue weighted by atomic mass is 35.5. The smallest absolute Gasteiger partial charge is 0.441 e. The van der Waals surface area contributed by atoms with Crippen LogP contribution in [0.1, 0.15) is 24.2 Å². The molecule has 0 aliphatic heterocycles. The Morgan fingerprint density at radius 2 is 2.15 bits per heavy atom. The van der Waals surface area contributed by atoms with Crippen molar-refractivity contribution in [1.29, 1.82) is 0 Å². The second kappa shape index (κ2) is 9.10. The number of carboxylic acid groups (broad SMARTS) is 1. The van der Waals surface area contributed by atoms with E-state index < -0.39 is 23.6 Å². The van der Waals surface area contributed by atoms with E-state index in [1.165, 1.54) is 19.2 Å². The molecule has 138 valence electrons. The fourth-order valence-electron chi connectivity index (χ4n) is 2.11. The van der Waals surface area contributed by atoms with Crippen LogP contribution in [0.2, 0.25) is 5.02 Å². The summed E-state index contributed by atoms with van der Waals surface area (Å²) in [5, 5.41) is 13.2. The van der Waals surface area contributed by atoms with Gasteiger partial charge in [0.05, 0.1) is 6.54 Å². The molecule has 2 rings (SSSR count). The molecule has 1 N–H and O–H groups in total. The maximum absolute atomic E-state index is 13.9. The first kappa shape index (κ1) is 19.6. The van der Waals surface area contributed by atoms with Crippen molar-refractivity contribution >= 4 is 23.8 Å². The summed E-state index contributed by atoms with van der Waals surface area (Å²) in [6, 6.07) is 5.76. The van der Waals surface area contributed by atoms with E-state index in [1.54, 1.807) is 24.3 Å². The third-order valence-electron chi connectivity index (χ3n) is 3.54. The van der Waals surface area contributed by atoms with E-state index in [4.69, 9.17) is 11.6 Å². The number of halogens is 2. The average Bonchev–Trinajstić information content (AvgIpc) is 2.91. The van der Waals surface area contributed by atoms with Crippen LogP contribution in [0.3, 0.4) is 0 Å². The molecule has 0 saturated heterocycles. The molecular weight excluding hydrogens is 365 g/mol. The van der Waals surface area contributed by atoms with Gasteiger partial charge >= 0.3 is 11.7 Å². The summed E-state index contributed by atoms with van der Waals surface area (Å²) in [6.45, 7) is 1.21. The van der Waals surface area contributed by atoms with E-state index in [0.29, 0.717) is 10.6 Å². The minimum Gasteiger partial charge on any atom is -0.480 e. The quantitative estimate of drug-likeness (QED) is 0.709. The molecule has 1 atom stereocenters. The van der Waals surface area contributed by atoms with E-state index in [-0.39, 0.29) is 25.2 Å². The van der Waals surface area contributed by atoms with Gasteiger partial charge in [-0.15, -0.1) is 0 Å². The summed E-state index contributed by atoms with van der Waals surface area (Å²) < 4.78 is 19.4. The number of rotatable bonds is 8. The minimum atomic E-state index is -1.10. The van der Waals surface area contributed by atoms with Crippen molar-refractivity contribution in [2.24, 2.45) is 4.99 Å². The molecule has 2 aromatic rings. The fraction of sp³-hybridized carbons (Fsp3) is 0.294. The maximum atomic E-state index is 13.9. The first-order chi connectivity index (χ1) is 12.4. The molecule has 0 spiro atoms. The van der Waals surface area contributed by atoms with E-state index in [1.807, 2.05) is 0 Å². The molecule has 0 fully saturated rings. The molecule has 0 bridgehead atoms. The average molecular weight is 382 g/mol. The molecule has 0 radical (unpaired) electrons. The van der Waals surface area contributed by atoms with Gasteiger partial charge in [0.2, 0.25) is 0 Å². The van der Waals surface area contributed by atoms with Crippen LogP contribution in [0.4, 0.5) is 4.39 Å². The molecule has 0 saturated carbocycles. The number of hydrogen-bond acceptors (Lipinski definition) is 5. The second-order valence-electron chi connectivity index (χ2n) is 5.49. The van der Waals surface area contributed by atoms with Crippen molar-refractivity contribution in [1.82, 2.24) is 9.72 Å². The summed E-state index contributed by atoms with van der Waals surface area (Å²) >= 11 is 5.78. The summed E-state index contributed by atoms with van der Waals surface area (Å²) in [7, 11) is 0. The molecule has 0 amide bonds. The summed E-state index contributed by atoms with van der Waals surface area (Å²) in [5.41, 5.74) is 0.713. The zero-order valence-corrected chi connectivity index (χ0v) is 14.7. The topological polar surface area (TPSA) is 97.7 Å². The monoisotopic (exact) mass is 381 g/mol. The maximum Gasteiger partial charge on any atom is 0.441 e. The number of allylic oxidation sites excluding steroid dienone is 2. The van der Waals surface area contributed by atoms with Gasteiger partial charge in [0, 0.05) is 11.2 Å². The summed E-state index contributed by atoms with van der Waals surface area (Å²) in [6.07, 6.45) is 2.94. The molecule has 0 aliphatic carbocycles. The van der Waals surface area contributed by atoms with E-state index >= 15 is 0 Å². The lowest BCUT2D eigenvalue weighted by Crippen LogP contribution is -2.18. The lowest BCUT2D eigenvalue weighted by atomic mass is 10.1. The van der Waals surface area contributed by atoms with Crippen LogP contribution in [0.5, 0.6) is 0 Å². The van der Waals surface area contributed by atoms with Gasteiger partial charge in [-0.25, -0.2) is 14.0 Å². The third-order valence-corrected chi connectivity index (χ3v) is 3.79. The number of aryl methyl sites for hydroxylation is 1. The number of benzene rings is 1. The van der Waals surface area contributed by atoms with Crippen LogP contribution in [0.25, 0.3) is 0 Å². The Labute approximate surface area is 153 Å². The molecule has 7 nitrogen and oxygen atoms in total. The van der Waals surface area contributed by atoms with Gasteiger partial charge in [0.1, 0.15) is 11.9 Å². The van der Waals surface area contributed by atoms with Crippen molar-refractivity contribution in [2.75, 3.05) is 0 Å². The van der Waals surface area contributed by atoms with E-state index in [0.717, 1.165) is 4.57 Å². The van der Waals surface area contributed by atoms with Gasteiger partial charge in [-0.1, -0.05) is 35.0 Å². The highest BCUT2D eigenvalue weighted by Crippen LogP contribution is 2.11. The number of carbonyl (C=O) groups is 1. The number of aliphatic imine (C=N–C) groups is 1.